The Hall–Kier alpha value is -4.46. The maximum Gasteiger partial charge on any atom is 0.258 e. The summed E-state index contributed by atoms with van der Waals surface area (Å²) in [5, 5.41) is 15.6. The van der Waals surface area contributed by atoms with Crippen molar-refractivity contribution in [3.05, 3.63) is 77.9 Å². The van der Waals surface area contributed by atoms with Crippen molar-refractivity contribution in [1.29, 1.82) is 0 Å². The van der Waals surface area contributed by atoms with Crippen LogP contribution in [0.1, 0.15) is 61.9 Å². The van der Waals surface area contributed by atoms with Crippen LogP contribution in [0.4, 0.5) is 17.1 Å². The molecule has 0 spiro atoms. The smallest absolute Gasteiger partial charge is 0.258 e. The number of carbonyl (C=O) groups excluding carboxylic acids is 3. The van der Waals surface area contributed by atoms with Crippen molar-refractivity contribution in [2.24, 2.45) is 5.92 Å². The highest BCUT2D eigenvalue weighted by Crippen LogP contribution is 2.31. The van der Waals surface area contributed by atoms with Gasteiger partial charge < -0.3 is 31.1 Å². The van der Waals surface area contributed by atoms with Gasteiger partial charge in [-0.25, -0.2) is 8.42 Å². The predicted molar refractivity (Wildman–Crippen MR) is 190 cm³/mol. The summed E-state index contributed by atoms with van der Waals surface area (Å²) in [6.45, 7) is 5.48. The van der Waals surface area contributed by atoms with Crippen molar-refractivity contribution in [1.82, 2.24) is 9.21 Å². The van der Waals surface area contributed by atoms with Gasteiger partial charge in [0.15, 0.2) is 0 Å². The van der Waals surface area contributed by atoms with Crippen molar-refractivity contribution in [3.8, 4) is 5.75 Å². The van der Waals surface area contributed by atoms with Crippen LogP contribution in [0.15, 0.2) is 71.6 Å². The van der Waals surface area contributed by atoms with Gasteiger partial charge in [-0.2, -0.15) is 4.31 Å². The number of nitrogens with zero attached hydrogens (tertiary/aromatic N) is 2. The minimum atomic E-state index is -3.81. The Morgan fingerprint density at radius 3 is 2.33 bits per heavy atom. The van der Waals surface area contributed by atoms with E-state index in [1.54, 1.807) is 78.6 Å². The van der Waals surface area contributed by atoms with Gasteiger partial charge in [-0.3, -0.25) is 14.4 Å². The molecule has 0 saturated carbocycles. The maximum atomic E-state index is 13.8. The summed E-state index contributed by atoms with van der Waals surface area (Å²) in [6.07, 6.45) is 1.75. The molecule has 12 nitrogen and oxygen atoms in total. The number of hydrogen-bond acceptors (Lipinski definition) is 8. The third-order valence-corrected chi connectivity index (χ3v) is 10.5. The lowest BCUT2D eigenvalue weighted by Gasteiger charge is -2.38. The van der Waals surface area contributed by atoms with E-state index in [0.29, 0.717) is 42.7 Å². The molecule has 0 unspecified atom stereocenters. The fourth-order valence-electron chi connectivity index (χ4n) is 5.55. The van der Waals surface area contributed by atoms with Gasteiger partial charge in [0.05, 0.1) is 41.0 Å². The number of aliphatic hydroxyl groups is 1. The highest BCUT2D eigenvalue weighted by Gasteiger charge is 2.35. The number of rotatable bonds is 14. The summed E-state index contributed by atoms with van der Waals surface area (Å²) >= 11 is 0. The number of nitrogens with two attached hydrogens (primary N) is 1. The van der Waals surface area contributed by atoms with E-state index in [-0.39, 0.29) is 66.0 Å². The number of benzene rings is 3. The standard InChI is InChI=1S/C36H47N5O7S/c1-24-14-17-28(18-15-24)49(46,47)40(4)22-33-25(2)21-41(26(3)23-42)36(45)29-20-27(16-19-32(29)48-33)38-34(43)12-6-5-7-13-35(44)39-31-11-9-8-10-30(31)37/h8-11,14-20,25-26,33,42H,5-7,12-13,21-23,37H2,1-4H3,(H,38,43)(H,39,44)/t25-,26-,33-/m1/s1. The topological polar surface area (TPSA) is 171 Å². The van der Waals surface area contributed by atoms with E-state index in [1.807, 2.05) is 13.8 Å². The van der Waals surface area contributed by atoms with E-state index in [9.17, 15) is 27.9 Å². The molecule has 4 rings (SSSR count). The zero-order chi connectivity index (χ0) is 35.7. The predicted octanol–water partition coefficient (Wildman–Crippen LogP) is 4.65. The molecular weight excluding hydrogens is 646 g/mol. The molecule has 1 aliphatic heterocycles. The van der Waals surface area contributed by atoms with Crippen LogP contribution in [-0.2, 0) is 19.6 Å². The number of unbranched alkanes of at least 4 members (excludes halogenated alkanes) is 2. The monoisotopic (exact) mass is 693 g/mol. The molecule has 3 amide bonds. The quantitative estimate of drug-likeness (QED) is 0.140. The number of nitrogen functional groups attached to an aromatic ring is 1. The van der Waals surface area contributed by atoms with Crippen LogP contribution < -0.4 is 21.1 Å². The number of amides is 3. The summed E-state index contributed by atoms with van der Waals surface area (Å²) in [5.41, 5.74) is 8.49. The van der Waals surface area contributed by atoms with Crippen molar-refractivity contribution < 1.29 is 32.6 Å². The Labute approximate surface area is 288 Å². The molecule has 49 heavy (non-hydrogen) atoms. The summed E-state index contributed by atoms with van der Waals surface area (Å²) < 4.78 is 34.3. The molecule has 0 aliphatic carbocycles. The van der Waals surface area contributed by atoms with Gasteiger partial charge in [-0.05, 0) is 69.2 Å². The van der Waals surface area contributed by atoms with Crippen LogP contribution in [0.3, 0.4) is 0 Å². The normalized spacial score (nSPS) is 17.0. The zero-order valence-corrected chi connectivity index (χ0v) is 29.3. The summed E-state index contributed by atoms with van der Waals surface area (Å²) in [4.78, 5) is 40.6. The lowest BCUT2D eigenvalue weighted by molar-refractivity contribution is -0.116. The van der Waals surface area contributed by atoms with Crippen LogP contribution in [0.2, 0.25) is 0 Å². The van der Waals surface area contributed by atoms with Crippen molar-refractivity contribution in [2.45, 2.75) is 69.9 Å². The first-order chi connectivity index (χ1) is 23.3. The fraction of sp³-hybridized carbons (Fsp3) is 0.417. The van der Waals surface area contributed by atoms with Crippen LogP contribution in [0, 0.1) is 12.8 Å². The van der Waals surface area contributed by atoms with Crippen LogP contribution in [-0.4, -0.2) is 79.3 Å². The van der Waals surface area contributed by atoms with E-state index in [0.717, 1.165) is 5.56 Å². The molecule has 0 fully saturated rings. The number of nitrogens with one attached hydrogen (secondary N) is 2. The molecule has 1 heterocycles. The molecular formula is C36H47N5O7S. The minimum absolute atomic E-state index is 0.0206. The second kappa shape index (κ2) is 16.8. The Balaban J connectivity index is 1.40. The Kier molecular flexibility index (Phi) is 12.8. The number of aryl methyl sites for hydroxylation is 1. The van der Waals surface area contributed by atoms with E-state index >= 15 is 0 Å². The summed E-state index contributed by atoms with van der Waals surface area (Å²) in [6, 6.07) is 17.9. The van der Waals surface area contributed by atoms with Crippen molar-refractivity contribution in [2.75, 3.05) is 43.1 Å². The molecule has 3 atom stereocenters. The number of anilines is 3. The van der Waals surface area contributed by atoms with Crippen LogP contribution in [0.5, 0.6) is 5.75 Å². The number of fused-ring (bicyclic) bond motifs is 1. The molecule has 0 aromatic heterocycles. The number of likely N-dealkylation sites (N-methyl/N-ethyl adjacent to an activating group) is 1. The molecule has 0 bridgehead atoms. The van der Waals surface area contributed by atoms with Gasteiger partial charge in [-0.1, -0.05) is 43.2 Å². The highest BCUT2D eigenvalue weighted by molar-refractivity contribution is 7.89. The molecule has 3 aromatic carbocycles. The van der Waals surface area contributed by atoms with Gasteiger partial charge in [0, 0.05) is 38.0 Å². The first-order valence-electron chi connectivity index (χ1n) is 16.5. The largest absolute Gasteiger partial charge is 0.488 e. The SMILES string of the molecule is Cc1ccc(S(=O)(=O)N(C)C[C@H]2Oc3ccc(NC(=O)CCCCCC(=O)Nc4ccccc4N)cc3C(=O)N([C@H](C)CO)C[C@H]2C)cc1. The van der Waals surface area contributed by atoms with E-state index in [1.165, 1.54) is 11.4 Å². The summed E-state index contributed by atoms with van der Waals surface area (Å²) in [5.74, 6) is -0.782. The molecule has 1 aliphatic rings. The molecule has 264 valence electrons. The number of carbonyl (C=O) groups is 3. The van der Waals surface area contributed by atoms with E-state index < -0.39 is 22.2 Å². The third kappa shape index (κ3) is 9.80. The van der Waals surface area contributed by atoms with Gasteiger partial charge in [0.2, 0.25) is 21.8 Å². The maximum absolute atomic E-state index is 13.8. The second-order valence-corrected chi connectivity index (χ2v) is 14.7. The lowest BCUT2D eigenvalue weighted by atomic mass is 9.99. The molecule has 3 aromatic rings. The first-order valence-corrected chi connectivity index (χ1v) is 17.9. The number of sulfonamides is 1. The lowest BCUT2D eigenvalue weighted by Crippen LogP contribution is -2.50. The fourth-order valence-corrected chi connectivity index (χ4v) is 6.74. The van der Waals surface area contributed by atoms with E-state index in [2.05, 4.69) is 10.6 Å². The molecule has 0 radical (unpaired) electrons. The first kappa shape index (κ1) is 37.4. The summed E-state index contributed by atoms with van der Waals surface area (Å²) in [7, 11) is -2.31. The molecule has 0 saturated heterocycles. The number of hydrogen-bond donors (Lipinski definition) is 4. The molecule has 5 N–H and O–H groups in total. The minimum Gasteiger partial charge on any atom is -0.488 e. The Morgan fingerprint density at radius 1 is 1.02 bits per heavy atom. The van der Waals surface area contributed by atoms with Gasteiger partial charge in [0.1, 0.15) is 11.9 Å². The van der Waals surface area contributed by atoms with Crippen LogP contribution >= 0.6 is 0 Å². The Morgan fingerprint density at radius 2 is 1.67 bits per heavy atom. The number of ether oxygens (including phenoxy) is 1. The van der Waals surface area contributed by atoms with Gasteiger partial charge in [-0.15, -0.1) is 0 Å². The second-order valence-electron chi connectivity index (χ2n) is 12.7. The van der Waals surface area contributed by atoms with Crippen LogP contribution in [0.25, 0.3) is 0 Å². The van der Waals surface area contributed by atoms with Crippen molar-refractivity contribution >= 4 is 44.8 Å². The number of aliphatic hydroxyl groups excluding tert-OH is 1. The zero-order valence-electron chi connectivity index (χ0n) is 28.5. The van der Waals surface area contributed by atoms with Crippen molar-refractivity contribution in [3.63, 3.8) is 0 Å². The third-order valence-electron chi connectivity index (χ3n) is 8.66. The number of para-hydroxylation sites is 2. The Bertz CT molecular complexity index is 1730. The van der Waals surface area contributed by atoms with E-state index in [4.69, 9.17) is 10.5 Å². The average Bonchev–Trinajstić information content (AvgIpc) is 3.07. The molecule has 13 heteroatoms. The van der Waals surface area contributed by atoms with Gasteiger partial charge >= 0.3 is 0 Å². The van der Waals surface area contributed by atoms with Gasteiger partial charge in [0.25, 0.3) is 5.91 Å². The average molecular weight is 694 g/mol. The highest BCUT2D eigenvalue weighted by atomic mass is 32.2.